The van der Waals surface area contributed by atoms with E-state index in [1.165, 1.54) is 0 Å². The summed E-state index contributed by atoms with van der Waals surface area (Å²) in [5.41, 5.74) is 2.14. The van der Waals surface area contributed by atoms with E-state index in [1.54, 1.807) is 0 Å². The summed E-state index contributed by atoms with van der Waals surface area (Å²) in [6.45, 7) is 3.81. The smallest absolute Gasteiger partial charge is 0.119 e. The molecule has 23 heavy (non-hydrogen) atoms. The average molecular weight is 329 g/mol. The van der Waals surface area contributed by atoms with Gasteiger partial charge in [0.1, 0.15) is 11.6 Å². The molecule has 2 aromatic carbocycles. The van der Waals surface area contributed by atoms with Crippen molar-refractivity contribution in [3.63, 3.8) is 0 Å². The van der Waals surface area contributed by atoms with Crippen LogP contribution in [0.3, 0.4) is 0 Å². The Morgan fingerprint density at radius 3 is 2.70 bits per heavy atom. The van der Waals surface area contributed by atoms with Crippen LogP contribution in [0.15, 0.2) is 48.5 Å². The standard InChI is InChI=1S/C19H21ClN2O/c1-2-19-21-17-11-10-15(20)14-18(17)22(19)12-6-7-13-23-16-8-4-3-5-9-16/h3-5,8-11,14H,2,6-7,12-13H2,1H3. The zero-order valence-corrected chi connectivity index (χ0v) is 14.1. The second-order valence-electron chi connectivity index (χ2n) is 5.53. The molecule has 0 amide bonds. The third-order valence-electron chi connectivity index (χ3n) is 3.89. The molecule has 1 heterocycles. The summed E-state index contributed by atoms with van der Waals surface area (Å²) in [5, 5.41) is 0.758. The number of imidazole rings is 1. The van der Waals surface area contributed by atoms with Crippen molar-refractivity contribution in [3.05, 3.63) is 59.4 Å². The third-order valence-corrected chi connectivity index (χ3v) is 4.13. The van der Waals surface area contributed by atoms with E-state index in [0.717, 1.165) is 60.0 Å². The summed E-state index contributed by atoms with van der Waals surface area (Å²) in [6.07, 6.45) is 2.99. The summed E-state index contributed by atoms with van der Waals surface area (Å²) in [5.74, 6) is 2.05. The SMILES string of the molecule is CCc1nc2ccc(Cl)cc2n1CCCCOc1ccccc1. The maximum absolute atomic E-state index is 6.13. The summed E-state index contributed by atoms with van der Waals surface area (Å²) in [7, 11) is 0. The van der Waals surface area contributed by atoms with E-state index in [0.29, 0.717) is 0 Å². The van der Waals surface area contributed by atoms with Gasteiger partial charge in [-0.05, 0) is 43.2 Å². The number of unbranched alkanes of at least 4 members (excludes halogenated alkanes) is 1. The summed E-state index contributed by atoms with van der Waals surface area (Å²) in [6, 6.07) is 15.8. The molecular weight excluding hydrogens is 308 g/mol. The van der Waals surface area contributed by atoms with E-state index in [-0.39, 0.29) is 0 Å². The van der Waals surface area contributed by atoms with Gasteiger partial charge in [0.15, 0.2) is 0 Å². The van der Waals surface area contributed by atoms with E-state index in [2.05, 4.69) is 11.5 Å². The van der Waals surface area contributed by atoms with E-state index in [1.807, 2.05) is 48.5 Å². The predicted octanol–water partition coefficient (Wildman–Crippen LogP) is 5.11. The van der Waals surface area contributed by atoms with Gasteiger partial charge in [0.25, 0.3) is 0 Å². The Morgan fingerprint density at radius 1 is 1.09 bits per heavy atom. The minimum Gasteiger partial charge on any atom is -0.494 e. The van der Waals surface area contributed by atoms with Gasteiger partial charge < -0.3 is 9.30 Å². The Bertz CT molecular complexity index is 768. The fraction of sp³-hybridized carbons (Fsp3) is 0.316. The predicted molar refractivity (Wildman–Crippen MR) is 95.3 cm³/mol. The first-order chi connectivity index (χ1) is 11.3. The molecule has 0 aliphatic rings. The van der Waals surface area contributed by atoms with Crippen LogP contribution in [0.4, 0.5) is 0 Å². The maximum Gasteiger partial charge on any atom is 0.119 e. The zero-order valence-electron chi connectivity index (χ0n) is 13.3. The molecule has 1 aromatic heterocycles. The van der Waals surface area contributed by atoms with Crippen LogP contribution in [0.25, 0.3) is 11.0 Å². The molecule has 0 saturated heterocycles. The zero-order chi connectivity index (χ0) is 16.1. The van der Waals surface area contributed by atoms with E-state index >= 15 is 0 Å². The molecule has 0 bridgehead atoms. The van der Waals surface area contributed by atoms with Crippen molar-refractivity contribution in [3.8, 4) is 5.75 Å². The molecule has 0 unspecified atom stereocenters. The minimum absolute atomic E-state index is 0.735. The van der Waals surface area contributed by atoms with Crippen LogP contribution in [-0.2, 0) is 13.0 Å². The van der Waals surface area contributed by atoms with Crippen molar-refractivity contribution in [1.82, 2.24) is 9.55 Å². The average Bonchev–Trinajstić information content (AvgIpc) is 2.92. The molecular formula is C19H21ClN2O. The Kier molecular flexibility index (Phi) is 5.19. The van der Waals surface area contributed by atoms with Crippen LogP contribution < -0.4 is 4.74 Å². The van der Waals surface area contributed by atoms with Crippen LogP contribution >= 0.6 is 11.6 Å². The molecule has 0 fully saturated rings. The molecule has 0 saturated carbocycles. The highest BCUT2D eigenvalue weighted by Crippen LogP contribution is 2.21. The summed E-state index contributed by atoms with van der Waals surface area (Å²) in [4.78, 5) is 4.69. The van der Waals surface area contributed by atoms with E-state index < -0.39 is 0 Å². The number of rotatable bonds is 7. The molecule has 0 atom stereocenters. The molecule has 0 aliphatic carbocycles. The fourth-order valence-electron chi connectivity index (χ4n) is 2.74. The van der Waals surface area contributed by atoms with Gasteiger partial charge in [0.05, 0.1) is 17.6 Å². The van der Waals surface area contributed by atoms with Crippen molar-refractivity contribution in [2.24, 2.45) is 0 Å². The van der Waals surface area contributed by atoms with Gasteiger partial charge >= 0.3 is 0 Å². The number of aromatic nitrogens is 2. The number of aryl methyl sites for hydroxylation is 2. The molecule has 3 nitrogen and oxygen atoms in total. The Labute approximate surface area is 141 Å². The Balaban J connectivity index is 1.59. The largest absolute Gasteiger partial charge is 0.494 e. The Hall–Kier alpha value is -2.00. The first-order valence-electron chi connectivity index (χ1n) is 8.10. The number of para-hydroxylation sites is 1. The van der Waals surface area contributed by atoms with E-state index in [4.69, 9.17) is 21.3 Å². The van der Waals surface area contributed by atoms with Crippen molar-refractivity contribution in [1.29, 1.82) is 0 Å². The molecule has 120 valence electrons. The second kappa shape index (κ2) is 7.51. The quantitative estimate of drug-likeness (QED) is 0.563. The van der Waals surface area contributed by atoms with Gasteiger partial charge in [0.2, 0.25) is 0 Å². The van der Waals surface area contributed by atoms with E-state index in [9.17, 15) is 0 Å². The molecule has 3 rings (SSSR count). The fourth-order valence-corrected chi connectivity index (χ4v) is 2.91. The lowest BCUT2D eigenvalue weighted by Gasteiger charge is -2.09. The van der Waals surface area contributed by atoms with Crippen molar-refractivity contribution in [2.75, 3.05) is 6.61 Å². The van der Waals surface area contributed by atoms with Gasteiger partial charge in [-0.2, -0.15) is 0 Å². The Morgan fingerprint density at radius 2 is 1.91 bits per heavy atom. The summed E-state index contributed by atoms with van der Waals surface area (Å²) < 4.78 is 8.02. The number of halogens is 1. The highest BCUT2D eigenvalue weighted by molar-refractivity contribution is 6.31. The van der Waals surface area contributed by atoms with Crippen LogP contribution in [-0.4, -0.2) is 16.2 Å². The lowest BCUT2D eigenvalue weighted by molar-refractivity contribution is 0.303. The first-order valence-corrected chi connectivity index (χ1v) is 8.48. The van der Waals surface area contributed by atoms with Gasteiger partial charge in [-0.3, -0.25) is 0 Å². The monoisotopic (exact) mass is 328 g/mol. The van der Waals surface area contributed by atoms with Crippen LogP contribution in [0.1, 0.15) is 25.6 Å². The van der Waals surface area contributed by atoms with Crippen LogP contribution in [0.2, 0.25) is 5.02 Å². The second-order valence-corrected chi connectivity index (χ2v) is 5.97. The minimum atomic E-state index is 0.735. The first kappa shape index (κ1) is 15.9. The number of nitrogens with zero attached hydrogens (tertiary/aromatic N) is 2. The van der Waals surface area contributed by atoms with Crippen LogP contribution in [0, 0.1) is 0 Å². The highest BCUT2D eigenvalue weighted by atomic mass is 35.5. The molecule has 0 spiro atoms. The molecule has 0 N–H and O–H groups in total. The van der Waals surface area contributed by atoms with Crippen molar-refractivity contribution >= 4 is 22.6 Å². The van der Waals surface area contributed by atoms with Crippen LogP contribution in [0.5, 0.6) is 5.75 Å². The highest BCUT2D eigenvalue weighted by Gasteiger charge is 2.09. The van der Waals surface area contributed by atoms with Gasteiger partial charge in [0, 0.05) is 18.0 Å². The third kappa shape index (κ3) is 3.85. The maximum atomic E-state index is 6.13. The number of fused-ring (bicyclic) bond motifs is 1. The van der Waals surface area contributed by atoms with Gasteiger partial charge in [-0.15, -0.1) is 0 Å². The number of hydrogen-bond acceptors (Lipinski definition) is 2. The molecule has 0 radical (unpaired) electrons. The topological polar surface area (TPSA) is 27.1 Å². The van der Waals surface area contributed by atoms with Crippen molar-refractivity contribution < 1.29 is 4.74 Å². The molecule has 4 heteroatoms. The van der Waals surface area contributed by atoms with Gasteiger partial charge in [-0.25, -0.2) is 4.98 Å². The molecule has 3 aromatic rings. The van der Waals surface area contributed by atoms with Gasteiger partial charge in [-0.1, -0.05) is 36.7 Å². The molecule has 0 aliphatic heterocycles. The van der Waals surface area contributed by atoms with Crippen molar-refractivity contribution in [2.45, 2.75) is 32.7 Å². The number of hydrogen-bond donors (Lipinski definition) is 0. The lowest BCUT2D eigenvalue weighted by atomic mass is 10.3. The number of benzene rings is 2. The lowest BCUT2D eigenvalue weighted by Crippen LogP contribution is -2.05. The number of ether oxygens (including phenoxy) is 1. The summed E-state index contributed by atoms with van der Waals surface area (Å²) >= 11 is 6.13. The normalized spacial score (nSPS) is 11.0.